The van der Waals surface area contributed by atoms with Crippen LogP contribution in [-0.2, 0) is 0 Å². The van der Waals surface area contributed by atoms with E-state index in [4.69, 9.17) is 12.3 Å². The number of hydrogen-bond acceptors (Lipinski definition) is 3. The van der Waals surface area contributed by atoms with Gasteiger partial charge in [-0.15, -0.1) is 12.3 Å². The highest BCUT2D eigenvalue weighted by atomic mass is 32.2. The van der Waals surface area contributed by atoms with Gasteiger partial charge in [-0.05, 0) is 36.7 Å². The highest BCUT2D eigenvalue weighted by molar-refractivity contribution is 7.99. The van der Waals surface area contributed by atoms with E-state index in [9.17, 15) is 0 Å². The predicted molar refractivity (Wildman–Crippen MR) is 59.2 cm³/mol. The van der Waals surface area contributed by atoms with Gasteiger partial charge in [0, 0.05) is 12.5 Å². The number of hydrazine groups is 1. The highest BCUT2D eigenvalue weighted by Gasteiger charge is 2.23. The molecule has 2 unspecified atom stereocenters. The maximum absolute atomic E-state index is 5.52. The van der Waals surface area contributed by atoms with Crippen LogP contribution in [0.1, 0.15) is 25.7 Å². The zero-order valence-electron chi connectivity index (χ0n) is 7.96. The van der Waals surface area contributed by atoms with Crippen molar-refractivity contribution in [2.24, 2.45) is 11.8 Å². The van der Waals surface area contributed by atoms with Crippen molar-refractivity contribution >= 4 is 11.8 Å². The fourth-order valence-corrected chi connectivity index (χ4v) is 3.09. The Morgan fingerprint density at radius 3 is 3.08 bits per heavy atom. The molecule has 2 nitrogen and oxygen atoms in total. The molecule has 0 saturated carbocycles. The molecule has 0 radical (unpaired) electrons. The van der Waals surface area contributed by atoms with Gasteiger partial charge in [0.05, 0.1) is 0 Å². The standard InChI is InChI=1S/C10H18N2S/c1-2-3-4-5-10(12-11)9-6-7-13-8-9/h1,9-10,12H,3-8,11H2. The summed E-state index contributed by atoms with van der Waals surface area (Å²) in [6.07, 6.45) is 9.58. The molecule has 0 aromatic heterocycles. The van der Waals surface area contributed by atoms with E-state index in [0.717, 1.165) is 25.2 Å². The fourth-order valence-electron chi connectivity index (χ4n) is 1.75. The maximum Gasteiger partial charge on any atom is 0.0247 e. The van der Waals surface area contributed by atoms with Crippen LogP contribution in [-0.4, -0.2) is 17.5 Å². The summed E-state index contributed by atoms with van der Waals surface area (Å²) in [6.45, 7) is 0. The van der Waals surface area contributed by atoms with Crippen LogP contribution in [0.2, 0.25) is 0 Å². The summed E-state index contributed by atoms with van der Waals surface area (Å²) in [5.41, 5.74) is 2.92. The average Bonchev–Trinajstić information content (AvgIpc) is 2.65. The summed E-state index contributed by atoms with van der Waals surface area (Å²) in [4.78, 5) is 0. The quantitative estimate of drug-likeness (QED) is 0.303. The van der Waals surface area contributed by atoms with Gasteiger partial charge in [-0.25, -0.2) is 0 Å². The minimum Gasteiger partial charge on any atom is -0.271 e. The first-order valence-electron chi connectivity index (χ1n) is 4.86. The molecule has 0 aliphatic carbocycles. The predicted octanol–water partition coefficient (Wildman–Crippen LogP) is 1.37. The average molecular weight is 198 g/mol. The largest absolute Gasteiger partial charge is 0.271 e. The lowest BCUT2D eigenvalue weighted by Crippen LogP contribution is -2.40. The monoisotopic (exact) mass is 198 g/mol. The van der Waals surface area contributed by atoms with Gasteiger partial charge in [0.1, 0.15) is 0 Å². The van der Waals surface area contributed by atoms with E-state index in [1.54, 1.807) is 0 Å². The van der Waals surface area contributed by atoms with E-state index < -0.39 is 0 Å². The Balaban J connectivity index is 2.21. The van der Waals surface area contributed by atoms with Crippen LogP contribution in [0.5, 0.6) is 0 Å². The lowest BCUT2D eigenvalue weighted by atomic mass is 9.95. The first-order chi connectivity index (χ1) is 6.38. The Hall–Kier alpha value is -0.170. The summed E-state index contributed by atoms with van der Waals surface area (Å²) < 4.78 is 0. The van der Waals surface area contributed by atoms with Crippen LogP contribution in [0, 0.1) is 18.3 Å². The molecule has 1 heterocycles. The van der Waals surface area contributed by atoms with Crippen molar-refractivity contribution in [3.05, 3.63) is 0 Å². The van der Waals surface area contributed by atoms with Crippen LogP contribution in [0.15, 0.2) is 0 Å². The summed E-state index contributed by atoms with van der Waals surface area (Å²) >= 11 is 2.03. The van der Waals surface area contributed by atoms with Crippen LogP contribution in [0.25, 0.3) is 0 Å². The number of hydrogen-bond donors (Lipinski definition) is 2. The zero-order chi connectivity index (χ0) is 9.52. The summed E-state index contributed by atoms with van der Waals surface area (Å²) in [5, 5.41) is 0. The Morgan fingerprint density at radius 2 is 2.54 bits per heavy atom. The van der Waals surface area contributed by atoms with E-state index in [0.29, 0.717) is 6.04 Å². The van der Waals surface area contributed by atoms with Gasteiger partial charge in [0.15, 0.2) is 0 Å². The fraction of sp³-hybridized carbons (Fsp3) is 0.800. The third-order valence-electron chi connectivity index (χ3n) is 2.58. The van der Waals surface area contributed by atoms with Crippen LogP contribution >= 0.6 is 11.8 Å². The van der Waals surface area contributed by atoms with Gasteiger partial charge in [-0.1, -0.05) is 0 Å². The number of nitrogens with one attached hydrogen (secondary N) is 1. The maximum atomic E-state index is 5.52. The van der Waals surface area contributed by atoms with Crippen molar-refractivity contribution in [3.8, 4) is 12.3 Å². The van der Waals surface area contributed by atoms with E-state index in [1.165, 1.54) is 17.9 Å². The second-order valence-electron chi connectivity index (χ2n) is 3.49. The normalized spacial score (nSPS) is 24.2. The lowest BCUT2D eigenvalue weighted by molar-refractivity contribution is 0.362. The van der Waals surface area contributed by atoms with Gasteiger partial charge in [0.25, 0.3) is 0 Å². The van der Waals surface area contributed by atoms with Gasteiger partial charge < -0.3 is 0 Å². The van der Waals surface area contributed by atoms with Crippen molar-refractivity contribution in [1.82, 2.24) is 5.43 Å². The molecule has 0 amide bonds. The molecule has 1 rings (SSSR count). The molecule has 1 aliphatic heterocycles. The number of thioether (sulfide) groups is 1. The molecule has 13 heavy (non-hydrogen) atoms. The summed E-state index contributed by atoms with van der Waals surface area (Å²) in [5.74, 6) is 11.5. The Morgan fingerprint density at radius 1 is 1.69 bits per heavy atom. The molecule has 0 aromatic carbocycles. The Kier molecular flexibility index (Phi) is 5.29. The third-order valence-corrected chi connectivity index (χ3v) is 3.77. The number of nitrogens with two attached hydrogens (primary N) is 1. The van der Waals surface area contributed by atoms with Gasteiger partial charge in [0.2, 0.25) is 0 Å². The molecule has 2 atom stereocenters. The van der Waals surface area contributed by atoms with E-state index in [-0.39, 0.29) is 0 Å². The first kappa shape index (κ1) is 10.9. The highest BCUT2D eigenvalue weighted by Crippen LogP contribution is 2.27. The third kappa shape index (κ3) is 3.60. The summed E-state index contributed by atoms with van der Waals surface area (Å²) in [6, 6.07) is 0.475. The summed E-state index contributed by atoms with van der Waals surface area (Å²) in [7, 11) is 0. The first-order valence-corrected chi connectivity index (χ1v) is 6.01. The lowest BCUT2D eigenvalue weighted by Gasteiger charge is -2.21. The number of terminal acetylenes is 1. The second-order valence-corrected chi connectivity index (χ2v) is 4.64. The second kappa shape index (κ2) is 6.31. The van der Waals surface area contributed by atoms with Crippen molar-refractivity contribution in [2.45, 2.75) is 31.7 Å². The van der Waals surface area contributed by atoms with Crippen LogP contribution in [0.4, 0.5) is 0 Å². The molecule has 1 saturated heterocycles. The Bertz CT molecular complexity index is 170. The number of rotatable bonds is 5. The van der Waals surface area contributed by atoms with E-state index >= 15 is 0 Å². The van der Waals surface area contributed by atoms with Crippen LogP contribution < -0.4 is 11.3 Å². The molecule has 0 spiro atoms. The molecule has 1 fully saturated rings. The molecular formula is C10H18N2S. The Labute approximate surface area is 85.0 Å². The van der Waals surface area contributed by atoms with Crippen molar-refractivity contribution < 1.29 is 0 Å². The van der Waals surface area contributed by atoms with Gasteiger partial charge in [-0.3, -0.25) is 11.3 Å². The van der Waals surface area contributed by atoms with E-state index in [2.05, 4.69) is 11.3 Å². The van der Waals surface area contributed by atoms with Crippen molar-refractivity contribution in [1.29, 1.82) is 0 Å². The minimum absolute atomic E-state index is 0.475. The van der Waals surface area contributed by atoms with E-state index in [1.807, 2.05) is 11.8 Å². The zero-order valence-corrected chi connectivity index (χ0v) is 8.78. The molecule has 0 bridgehead atoms. The number of unbranched alkanes of at least 4 members (excludes halogenated alkanes) is 1. The van der Waals surface area contributed by atoms with Gasteiger partial charge >= 0.3 is 0 Å². The van der Waals surface area contributed by atoms with Gasteiger partial charge in [-0.2, -0.15) is 11.8 Å². The molecule has 0 aromatic rings. The molecule has 1 aliphatic rings. The SMILES string of the molecule is C#CCCCC(NN)C1CCSC1. The molecule has 3 N–H and O–H groups in total. The molecular weight excluding hydrogens is 180 g/mol. The topological polar surface area (TPSA) is 38.0 Å². The van der Waals surface area contributed by atoms with Crippen molar-refractivity contribution in [2.75, 3.05) is 11.5 Å². The van der Waals surface area contributed by atoms with Crippen molar-refractivity contribution in [3.63, 3.8) is 0 Å². The minimum atomic E-state index is 0.475. The van der Waals surface area contributed by atoms with Crippen LogP contribution in [0.3, 0.4) is 0 Å². The smallest absolute Gasteiger partial charge is 0.0247 e. The molecule has 3 heteroatoms. The molecule has 74 valence electrons.